The average molecular weight is 271 g/mol. The van der Waals surface area contributed by atoms with E-state index in [1.165, 1.54) is 19.8 Å². The SMILES string of the molecule is CC(=O)NCCNC(=O)CN(CCO)C1CCCC1. The fraction of sp³-hybridized carbons (Fsp3) is 0.846. The third kappa shape index (κ3) is 6.54. The second kappa shape index (κ2) is 8.87. The van der Waals surface area contributed by atoms with Gasteiger partial charge in [0.1, 0.15) is 0 Å². The topological polar surface area (TPSA) is 81.7 Å². The molecule has 0 aromatic heterocycles. The van der Waals surface area contributed by atoms with Crippen molar-refractivity contribution in [3.8, 4) is 0 Å². The molecule has 1 aliphatic carbocycles. The van der Waals surface area contributed by atoms with Crippen LogP contribution < -0.4 is 10.6 Å². The van der Waals surface area contributed by atoms with E-state index < -0.39 is 0 Å². The Kier molecular flexibility index (Phi) is 7.43. The van der Waals surface area contributed by atoms with Gasteiger partial charge in [0.05, 0.1) is 13.2 Å². The Hall–Kier alpha value is -1.14. The molecule has 0 aromatic carbocycles. The van der Waals surface area contributed by atoms with E-state index in [4.69, 9.17) is 5.11 Å². The first-order valence-electron chi connectivity index (χ1n) is 6.99. The summed E-state index contributed by atoms with van der Waals surface area (Å²) >= 11 is 0. The number of hydrogen-bond acceptors (Lipinski definition) is 4. The predicted octanol–water partition coefficient (Wildman–Crippen LogP) is -0.524. The van der Waals surface area contributed by atoms with Gasteiger partial charge in [0, 0.05) is 32.6 Å². The molecule has 0 heterocycles. The standard InChI is InChI=1S/C13H25N3O3/c1-11(18)14-6-7-15-13(19)10-16(8-9-17)12-4-2-3-5-12/h12,17H,2-10H2,1H3,(H,14,18)(H,15,19). The van der Waals surface area contributed by atoms with Crippen molar-refractivity contribution >= 4 is 11.8 Å². The zero-order valence-corrected chi connectivity index (χ0v) is 11.7. The van der Waals surface area contributed by atoms with Crippen LogP contribution in [0.15, 0.2) is 0 Å². The van der Waals surface area contributed by atoms with Crippen LogP contribution in [0.2, 0.25) is 0 Å². The maximum Gasteiger partial charge on any atom is 0.234 e. The molecule has 0 radical (unpaired) electrons. The van der Waals surface area contributed by atoms with Gasteiger partial charge in [-0.3, -0.25) is 14.5 Å². The van der Waals surface area contributed by atoms with Crippen molar-refractivity contribution in [3.05, 3.63) is 0 Å². The van der Waals surface area contributed by atoms with E-state index in [2.05, 4.69) is 15.5 Å². The highest BCUT2D eigenvalue weighted by molar-refractivity contribution is 5.78. The van der Waals surface area contributed by atoms with Crippen molar-refractivity contribution in [3.63, 3.8) is 0 Å². The molecule has 1 saturated carbocycles. The smallest absolute Gasteiger partial charge is 0.234 e. The Bertz CT molecular complexity index is 291. The van der Waals surface area contributed by atoms with Crippen LogP contribution in [0.5, 0.6) is 0 Å². The largest absolute Gasteiger partial charge is 0.395 e. The van der Waals surface area contributed by atoms with E-state index in [0.29, 0.717) is 32.2 Å². The highest BCUT2D eigenvalue weighted by Crippen LogP contribution is 2.22. The summed E-state index contributed by atoms with van der Waals surface area (Å²) in [5.74, 6) is -0.146. The van der Waals surface area contributed by atoms with Crippen LogP contribution in [-0.2, 0) is 9.59 Å². The van der Waals surface area contributed by atoms with Gasteiger partial charge in [0.25, 0.3) is 0 Å². The number of hydrogen-bond donors (Lipinski definition) is 3. The Balaban J connectivity index is 2.24. The van der Waals surface area contributed by atoms with E-state index in [9.17, 15) is 9.59 Å². The van der Waals surface area contributed by atoms with Gasteiger partial charge in [0.15, 0.2) is 0 Å². The molecule has 1 rings (SSSR count). The number of amides is 2. The van der Waals surface area contributed by atoms with E-state index >= 15 is 0 Å². The maximum atomic E-state index is 11.8. The molecule has 1 fully saturated rings. The Labute approximate surface area is 114 Å². The molecule has 6 heteroatoms. The van der Waals surface area contributed by atoms with Crippen LogP contribution >= 0.6 is 0 Å². The summed E-state index contributed by atoms with van der Waals surface area (Å²) in [7, 11) is 0. The van der Waals surface area contributed by atoms with Crippen molar-refractivity contribution in [2.45, 2.75) is 38.6 Å². The van der Waals surface area contributed by atoms with Crippen LogP contribution in [0.3, 0.4) is 0 Å². The Morgan fingerprint density at radius 3 is 2.42 bits per heavy atom. The van der Waals surface area contributed by atoms with Crippen LogP contribution in [0.4, 0.5) is 0 Å². The van der Waals surface area contributed by atoms with Crippen molar-refractivity contribution < 1.29 is 14.7 Å². The minimum Gasteiger partial charge on any atom is -0.395 e. The molecule has 0 spiro atoms. The maximum absolute atomic E-state index is 11.8. The first kappa shape index (κ1) is 15.9. The first-order chi connectivity index (χ1) is 9.13. The molecule has 0 aliphatic heterocycles. The molecule has 110 valence electrons. The number of aliphatic hydroxyl groups is 1. The third-order valence-electron chi connectivity index (χ3n) is 3.40. The summed E-state index contributed by atoms with van der Waals surface area (Å²) in [6, 6.07) is 0.424. The van der Waals surface area contributed by atoms with Gasteiger partial charge in [-0.05, 0) is 12.8 Å². The Morgan fingerprint density at radius 1 is 1.21 bits per heavy atom. The molecule has 0 saturated heterocycles. The van der Waals surface area contributed by atoms with Gasteiger partial charge in [0.2, 0.25) is 11.8 Å². The van der Waals surface area contributed by atoms with Crippen molar-refractivity contribution in [1.82, 2.24) is 15.5 Å². The second-order valence-electron chi connectivity index (χ2n) is 4.97. The van der Waals surface area contributed by atoms with Crippen LogP contribution in [0.1, 0.15) is 32.6 Å². The fourth-order valence-electron chi connectivity index (χ4n) is 2.47. The molecule has 19 heavy (non-hydrogen) atoms. The highest BCUT2D eigenvalue weighted by atomic mass is 16.3. The van der Waals surface area contributed by atoms with Gasteiger partial charge in [-0.2, -0.15) is 0 Å². The minimum absolute atomic E-state index is 0.0503. The summed E-state index contributed by atoms with van der Waals surface area (Å²) in [5.41, 5.74) is 0. The number of nitrogens with zero attached hydrogens (tertiary/aromatic N) is 1. The average Bonchev–Trinajstić information content (AvgIpc) is 2.87. The van der Waals surface area contributed by atoms with Gasteiger partial charge in [-0.15, -0.1) is 0 Å². The lowest BCUT2D eigenvalue weighted by Crippen LogP contribution is -2.44. The van der Waals surface area contributed by atoms with E-state index in [-0.39, 0.29) is 18.4 Å². The molecule has 1 aliphatic rings. The molecular weight excluding hydrogens is 246 g/mol. The summed E-state index contributed by atoms with van der Waals surface area (Å²) in [6.07, 6.45) is 4.63. The molecule has 6 nitrogen and oxygen atoms in total. The zero-order valence-electron chi connectivity index (χ0n) is 11.7. The number of carbonyl (C=O) groups is 2. The van der Waals surface area contributed by atoms with E-state index in [1.807, 2.05) is 0 Å². The van der Waals surface area contributed by atoms with E-state index in [0.717, 1.165) is 12.8 Å². The second-order valence-corrected chi connectivity index (χ2v) is 4.97. The lowest BCUT2D eigenvalue weighted by Gasteiger charge is -2.27. The first-order valence-corrected chi connectivity index (χ1v) is 6.99. The summed E-state index contributed by atoms with van der Waals surface area (Å²) < 4.78 is 0. The highest BCUT2D eigenvalue weighted by Gasteiger charge is 2.23. The monoisotopic (exact) mass is 271 g/mol. The molecule has 0 atom stereocenters. The van der Waals surface area contributed by atoms with Crippen LogP contribution in [0, 0.1) is 0 Å². The summed E-state index contributed by atoms with van der Waals surface area (Å²) in [5, 5.41) is 14.5. The third-order valence-corrected chi connectivity index (χ3v) is 3.40. The van der Waals surface area contributed by atoms with Crippen molar-refractivity contribution in [2.75, 3.05) is 32.8 Å². The number of rotatable bonds is 8. The van der Waals surface area contributed by atoms with Crippen LogP contribution in [-0.4, -0.2) is 60.6 Å². The summed E-state index contributed by atoms with van der Waals surface area (Å²) in [6.45, 7) is 3.29. The fourth-order valence-corrected chi connectivity index (χ4v) is 2.47. The summed E-state index contributed by atoms with van der Waals surface area (Å²) in [4.78, 5) is 24.5. The van der Waals surface area contributed by atoms with Gasteiger partial charge in [-0.25, -0.2) is 0 Å². The molecular formula is C13H25N3O3. The lowest BCUT2D eigenvalue weighted by molar-refractivity contribution is -0.123. The molecule has 2 amide bonds. The van der Waals surface area contributed by atoms with Crippen LogP contribution in [0.25, 0.3) is 0 Å². The van der Waals surface area contributed by atoms with Gasteiger partial charge >= 0.3 is 0 Å². The predicted molar refractivity (Wildman–Crippen MR) is 72.6 cm³/mol. The quantitative estimate of drug-likeness (QED) is 0.519. The number of aliphatic hydroxyl groups excluding tert-OH is 1. The van der Waals surface area contributed by atoms with Crippen molar-refractivity contribution in [2.24, 2.45) is 0 Å². The van der Waals surface area contributed by atoms with Crippen molar-refractivity contribution in [1.29, 1.82) is 0 Å². The van der Waals surface area contributed by atoms with Gasteiger partial charge in [-0.1, -0.05) is 12.8 Å². The number of nitrogens with one attached hydrogen (secondary N) is 2. The molecule has 3 N–H and O–H groups in total. The van der Waals surface area contributed by atoms with E-state index in [1.54, 1.807) is 0 Å². The zero-order chi connectivity index (χ0) is 14.1. The molecule has 0 unspecified atom stereocenters. The molecule has 0 aromatic rings. The normalized spacial score (nSPS) is 15.7. The Morgan fingerprint density at radius 2 is 1.84 bits per heavy atom. The number of carbonyl (C=O) groups excluding carboxylic acids is 2. The lowest BCUT2D eigenvalue weighted by atomic mass is 10.2. The molecule has 0 bridgehead atoms. The minimum atomic E-state index is -0.0953. The van der Waals surface area contributed by atoms with Gasteiger partial charge < -0.3 is 15.7 Å².